The Bertz CT molecular complexity index is 1080. The van der Waals surface area contributed by atoms with Crippen molar-refractivity contribution in [3.05, 3.63) is 78.1 Å². The molecule has 0 aliphatic carbocycles. The van der Waals surface area contributed by atoms with E-state index in [9.17, 15) is 4.79 Å². The zero-order chi connectivity index (χ0) is 17.9. The molecule has 0 fully saturated rings. The highest BCUT2D eigenvalue weighted by molar-refractivity contribution is 5.81. The lowest BCUT2D eigenvalue weighted by molar-refractivity contribution is -0.137. The predicted octanol–water partition coefficient (Wildman–Crippen LogP) is 3.84. The molecule has 26 heavy (non-hydrogen) atoms. The lowest BCUT2D eigenvalue weighted by Crippen LogP contribution is -2.15. The quantitative estimate of drug-likeness (QED) is 0.576. The number of aromatic nitrogens is 2. The molecule has 0 amide bonds. The van der Waals surface area contributed by atoms with Gasteiger partial charge in [-0.15, -0.1) is 0 Å². The van der Waals surface area contributed by atoms with Crippen LogP contribution in [0.5, 0.6) is 0 Å². The number of aliphatic carboxylic acids is 1. The third kappa shape index (κ3) is 3.24. The van der Waals surface area contributed by atoms with Gasteiger partial charge in [-0.25, -0.2) is 4.98 Å². The minimum absolute atomic E-state index is 0.0634. The van der Waals surface area contributed by atoms with Crippen LogP contribution in [0.1, 0.15) is 17.8 Å². The molecule has 0 aliphatic rings. The van der Waals surface area contributed by atoms with E-state index in [1.807, 2.05) is 66.7 Å². The highest BCUT2D eigenvalue weighted by atomic mass is 16.7. The number of rotatable bonds is 6. The Balaban J connectivity index is 1.62. The lowest BCUT2D eigenvalue weighted by atomic mass is 10.2. The van der Waals surface area contributed by atoms with Crippen molar-refractivity contribution in [1.82, 2.24) is 9.71 Å². The summed E-state index contributed by atoms with van der Waals surface area (Å²) in [6.07, 6.45) is 0.475. The van der Waals surface area contributed by atoms with Crippen molar-refractivity contribution in [2.24, 2.45) is 0 Å². The minimum Gasteiger partial charge on any atom is -0.481 e. The number of hydrogen-bond acceptors (Lipinski definition) is 3. The second-order valence-electron chi connectivity index (χ2n) is 6.15. The number of aryl methyl sites for hydroxylation is 1. The topological polar surface area (TPSA) is 64.3 Å². The summed E-state index contributed by atoms with van der Waals surface area (Å²) in [5.41, 5.74) is 3.52. The Morgan fingerprint density at radius 2 is 1.77 bits per heavy atom. The normalized spacial score (nSPS) is 11.1. The van der Waals surface area contributed by atoms with Crippen LogP contribution < -0.4 is 4.84 Å². The summed E-state index contributed by atoms with van der Waals surface area (Å²) in [4.78, 5) is 21.6. The van der Waals surface area contributed by atoms with E-state index in [-0.39, 0.29) is 6.42 Å². The SMILES string of the molecule is O=C(O)CCc1cc2ccccc2n1OCc1ccc2ccccc2n1. The van der Waals surface area contributed by atoms with Crippen LogP contribution in [0.2, 0.25) is 0 Å². The third-order valence-corrected chi connectivity index (χ3v) is 4.33. The molecule has 0 saturated heterocycles. The van der Waals surface area contributed by atoms with Gasteiger partial charge in [0.25, 0.3) is 0 Å². The molecule has 0 radical (unpaired) electrons. The molecule has 1 N–H and O–H groups in total. The molecular formula is C21H18N2O3. The summed E-state index contributed by atoms with van der Waals surface area (Å²) < 4.78 is 1.73. The molecule has 0 saturated carbocycles. The first-order chi connectivity index (χ1) is 12.7. The molecule has 4 aromatic rings. The molecule has 0 unspecified atom stereocenters. The Hall–Kier alpha value is -3.34. The van der Waals surface area contributed by atoms with Gasteiger partial charge >= 0.3 is 5.97 Å². The molecule has 4 rings (SSSR count). The molecule has 0 atom stereocenters. The molecule has 0 bridgehead atoms. The number of carbonyl (C=O) groups is 1. The summed E-state index contributed by atoms with van der Waals surface area (Å²) >= 11 is 0. The number of fused-ring (bicyclic) bond motifs is 2. The van der Waals surface area contributed by atoms with E-state index < -0.39 is 5.97 Å². The Kier molecular flexibility index (Phi) is 4.27. The van der Waals surface area contributed by atoms with Crippen molar-refractivity contribution in [1.29, 1.82) is 0 Å². The van der Waals surface area contributed by atoms with Crippen LogP contribution in [0, 0.1) is 0 Å². The number of hydrogen-bond donors (Lipinski definition) is 1. The average Bonchev–Trinajstić information content (AvgIpc) is 3.02. The van der Waals surface area contributed by atoms with Crippen molar-refractivity contribution >= 4 is 27.8 Å². The number of nitrogens with zero attached hydrogens (tertiary/aromatic N) is 2. The molecule has 5 heteroatoms. The van der Waals surface area contributed by atoms with Gasteiger partial charge in [-0.3, -0.25) is 4.79 Å². The molecule has 130 valence electrons. The number of para-hydroxylation sites is 2. The van der Waals surface area contributed by atoms with Crippen LogP contribution in [0.15, 0.2) is 66.7 Å². The zero-order valence-corrected chi connectivity index (χ0v) is 14.1. The Morgan fingerprint density at radius 3 is 2.62 bits per heavy atom. The number of pyridine rings is 1. The van der Waals surface area contributed by atoms with Crippen LogP contribution in [0.4, 0.5) is 0 Å². The van der Waals surface area contributed by atoms with Gasteiger partial charge in [0, 0.05) is 17.2 Å². The van der Waals surface area contributed by atoms with E-state index in [4.69, 9.17) is 9.94 Å². The Morgan fingerprint density at radius 1 is 1.00 bits per heavy atom. The summed E-state index contributed by atoms with van der Waals surface area (Å²) in [6, 6.07) is 21.8. The zero-order valence-electron chi connectivity index (χ0n) is 14.1. The van der Waals surface area contributed by atoms with Gasteiger partial charge in [0.2, 0.25) is 0 Å². The summed E-state index contributed by atoms with van der Waals surface area (Å²) in [7, 11) is 0. The number of carboxylic acid groups (broad SMARTS) is 1. The van der Waals surface area contributed by atoms with Gasteiger partial charge in [0.05, 0.1) is 28.8 Å². The molecule has 0 spiro atoms. The van der Waals surface area contributed by atoms with Crippen molar-refractivity contribution in [2.45, 2.75) is 19.4 Å². The van der Waals surface area contributed by atoms with E-state index in [1.165, 1.54) is 0 Å². The van der Waals surface area contributed by atoms with Crippen molar-refractivity contribution < 1.29 is 14.7 Å². The van der Waals surface area contributed by atoms with Crippen LogP contribution in [0.25, 0.3) is 21.8 Å². The van der Waals surface area contributed by atoms with Crippen LogP contribution in [-0.2, 0) is 17.8 Å². The van der Waals surface area contributed by atoms with E-state index in [2.05, 4.69) is 4.98 Å². The summed E-state index contributed by atoms with van der Waals surface area (Å²) in [6.45, 7) is 0.309. The molecular weight excluding hydrogens is 328 g/mol. The lowest BCUT2D eigenvalue weighted by Gasteiger charge is -2.12. The van der Waals surface area contributed by atoms with Crippen LogP contribution in [0.3, 0.4) is 0 Å². The monoisotopic (exact) mass is 346 g/mol. The van der Waals surface area contributed by atoms with Gasteiger partial charge in [-0.05, 0) is 24.3 Å². The van der Waals surface area contributed by atoms with Crippen molar-refractivity contribution in [3.8, 4) is 0 Å². The van der Waals surface area contributed by atoms with E-state index in [1.54, 1.807) is 4.73 Å². The number of benzene rings is 2. The molecule has 0 aliphatic heterocycles. The second-order valence-corrected chi connectivity index (χ2v) is 6.15. The number of carboxylic acids is 1. The molecule has 2 aromatic carbocycles. The van der Waals surface area contributed by atoms with Crippen LogP contribution in [-0.4, -0.2) is 20.8 Å². The van der Waals surface area contributed by atoms with Crippen molar-refractivity contribution in [3.63, 3.8) is 0 Å². The first kappa shape index (κ1) is 16.1. The predicted molar refractivity (Wildman–Crippen MR) is 99.9 cm³/mol. The smallest absolute Gasteiger partial charge is 0.303 e. The maximum Gasteiger partial charge on any atom is 0.303 e. The van der Waals surface area contributed by atoms with Crippen molar-refractivity contribution in [2.75, 3.05) is 0 Å². The van der Waals surface area contributed by atoms with Gasteiger partial charge in [-0.1, -0.05) is 42.5 Å². The first-order valence-electron chi connectivity index (χ1n) is 8.50. The molecule has 5 nitrogen and oxygen atoms in total. The van der Waals surface area contributed by atoms with Gasteiger partial charge in [0.15, 0.2) is 6.61 Å². The van der Waals surface area contributed by atoms with Gasteiger partial charge < -0.3 is 9.94 Å². The maximum absolute atomic E-state index is 10.9. The fourth-order valence-electron chi connectivity index (χ4n) is 3.07. The van der Waals surface area contributed by atoms with E-state index in [0.29, 0.717) is 13.0 Å². The maximum atomic E-state index is 10.9. The standard InChI is InChI=1S/C21H18N2O3/c24-21(25)12-11-18-13-16-6-2-4-8-20(16)23(18)26-14-17-10-9-15-5-1-3-7-19(15)22-17/h1-10,13H,11-12,14H2,(H,24,25). The second kappa shape index (κ2) is 6.88. The fraction of sp³-hybridized carbons (Fsp3) is 0.143. The highest BCUT2D eigenvalue weighted by Crippen LogP contribution is 2.20. The molecule has 2 aromatic heterocycles. The minimum atomic E-state index is -0.821. The van der Waals surface area contributed by atoms with Crippen LogP contribution >= 0.6 is 0 Å². The first-order valence-corrected chi connectivity index (χ1v) is 8.50. The van der Waals surface area contributed by atoms with E-state index in [0.717, 1.165) is 33.2 Å². The average molecular weight is 346 g/mol. The fourth-order valence-corrected chi connectivity index (χ4v) is 3.07. The largest absolute Gasteiger partial charge is 0.481 e. The molecule has 2 heterocycles. The highest BCUT2D eigenvalue weighted by Gasteiger charge is 2.11. The van der Waals surface area contributed by atoms with Gasteiger partial charge in [0.1, 0.15) is 0 Å². The van der Waals surface area contributed by atoms with Gasteiger partial charge in [-0.2, -0.15) is 4.73 Å². The summed E-state index contributed by atoms with van der Waals surface area (Å²) in [5.74, 6) is -0.821. The third-order valence-electron chi connectivity index (χ3n) is 4.33. The Labute approximate surface area is 150 Å². The summed E-state index contributed by atoms with van der Waals surface area (Å²) in [5, 5.41) is 11.1. The van der Waals surface area contributed by atoms with E-state index >= 15 is 0 Å².